The van der Waals surface area contributed by atoms with Crippen molar-refractivity contribution in [3.63, 3.8) is 0 Å². The summed E-state index contributed by atoms with van der Waals surface area (Å²) in [6.07, 6.45) is 0. The topological polar surface area (TPSA) is 117 Å². The average molecular weight is 382 g/mol. The zero-order valence-corrected chi connectivity index (χ0v) is 15.4. The standard InChI is InChI=1S/C16H18N2O7S/c1-10-5-6-12(9-13(10)18(19)20)26(21,22)17-11-7-14(23-2)16(25-4)15(8-11)24-3/h5-9,17H,1-4H3. The number of hydrogen-bond donors (Lipinski definition) is 1. The predicted molar refractivity (Wildman–Crippen MR) is 94.7 cm³/mol. The average Bonchev–Trinajstić information content (AvgIpc) is 2.60. The van der Waals surface area contributed by atoms with Gasteiger partial charge < -0.3 is 14.2 Å². The molecule has 1 N–H and O–H groups in total. The van der Waals surface area contributed by atoms with Gasteiger partial charge in [0, 0.05) is 23.8 Å². The number of hydrogen-bond acceptors (Lipinski definition) is 7. The quantitative estimate of drug-likeness (QED) is 0.578. The third-order valence-electron chi connectivity index (χ3n) is 3.60. The second-order valence-corrected chi connectivity index (χ2v) is 6.91. The Morgan fingerprint density at radius 1 is 1.00 bits per heavy atom. The van der Waals surface area contributed by atoms with E-state index in [9.17, 15) is 18.5 Å². The highest BCUT2D eigenvalue weighted by molar-refractivity contribution is 7.92. The number of sulfonamides is 1. The lowest BCUT2D eigenvalue weighted by Crippen LogP contribution is -2.13. The van der Waals surface area contributed by atoms with Crippen LogP contribution in [0.4, 0.5) is 11.4 Å². The summed E-state index contributed by atoms with van der Waals surface area (Å²) in [4.78, 5) is 10.2. The molecular weight excluding hydrogens is 364 g/mol. The molecule has 0 fully saturated rings. The Morgan fingerprint density at radius 2 is 1.58 bits per heavy atom. The SMILES string of the molecule is COc1cc(NS(=O)(=O)c2ccc(C)c([N+](=O)[O-])c2)cc(OC)c1OC. The van der Waals surface area contributed by atoms with Gasteiger partial charge >= 0.3 is 0 Å². The van der Waals surface area contributed by atoms with Gasteiger partial charge in [0.15, 0.2) is 11.5 Å². The number of nitrogens with one attached hydrogen (secondary N) is 1. The molecule has 0 unspecified atom stereocenters. The van der Waals surface area contributed by atoms with Gasteiger partial charge in [-0.25, -0.2) is 8.42 Å². The molecule has 0 aromatic heterocycles. The van der Waals surface area contributed by atoms with Crippen LogP contribution in [0.5, 0.6) is 17.2 Å². The molecule has 0 aliphatic heterocycles. The van der Waals surface area contributed by atoms with Crippen molar-refractivity contribution in [2.75, 3.05) is 26.1 Å². The summed E-state index contributed by atoms with van der Waals surface area (Å²) in [6.45, 7) is 1.53. The molecule has 140 valence electrons. The molecule has 0 amide bonds. The lowest BCUT2D eigenvalue weighted by atomic mass is 10.2. The van der Waals surface area contributed by atoms with Gasteiger partial charge in [0.1, 0.15) is 0 Å². The van der Waals surface area contributed by atoms with Crippen molar-refractivity contribution in [1.82, 2.24) is 0 Å². The number of nitro groups is 1. The number of benzene rings is 2. The summed E-state index contributed by atoms with van der Waals surface area (Å²) in [5.41, 5.74) is 0.238. The summed E-state index contributed by atoms with van der Waals surface area (Å²) in [5.74, 6) is 0.836. The van der Waals surface area contributed by atoms with Gasteiger partial charge in [0.25, 0.3) is 15.7 Å². The second-order valence-electron chi connectivity index (χ2n) is 5.22. The summed E-state index contributed by atoms with van der Waals surface area (Å²) in [7, 11) is 0.168. The molecule has 0 bridgehead atoms. The minimum absolute atomic E-state index is 0.155. The monoisotopic (exact) mass is 382 g/mol. The highest BCUT2D eigenvalue weighted by Crippen LogP contribution is 2.40. The summed E-state index contributed by atoms with van der Waals surface area (Å²) >= 11 is 0. The molecular formula is C16H18N2O7S. The van der Waals surface area contributed by atoms with Gasteiger partial charge in [-0.15, -0.1) is 0 Å². The van der Waals surface area contributed by atoms with E-state index < -0.39 is 14.9 Å². The van der Waals surface area contributed by atoms with E-state index >= 15 is 0 Å². The fourth-order valence-electron chi connectivity index (χ4n) is 2.31. The highest BCUT2D eigenvalue weighted by atomic mass is 32.2. The van der Waals surface area contributed by atoms with E-state index in [1.54, 1.807) is 0 Å². The molecule has 26 heavy (non-hydrogen) atoms. The molecule has 0 saturated carbocycles. The summed E-state index contributed by atoms with van der Waals surface area (Å²) in [6, 6.07) is 6.52. The number of aryl methyl sites for hydroxylation is 1. The normalized spacial score (nSPS) is 10.9. The number of ether oxygens (including phenoxy) is 3. The van der Waals surface area contributed by atoms with Gasteiger partial charge in [-0.1, -0.05) is 6.07 Å². The Labute approximate surface area is 150 Å². The molecule has 0 heterocycles. The maximum atomic E-state index is 12.6. The van der Waals surface area contributed by atoms with Crippen molar-refractivity contribution in [3.8, 4) is 17.2 Å². The molecule has 2 aromatic rings. The van der Waals surface area contributed by atoms with Crippen LogP contribution < -0.4 is 18.9 Å². The van der Waals surface area contributed by atoms with Crippen LogP contribution in [0, 0.1) is 17.0 Å². The predicted octanol–water partition coefficient (Wildman–Crippen LogP) is 2.73. The second kappa shape index (κ2) is 7.48. The Kier molecular flexibility index (Phi) is 5.56. The Bertz CT molecular complexity index is 917. The van der Waals surface area contributed by atoms with Crippen molar-refractivity contribution in [1.29, 1.82) is 0 Å². The van der Waals surface area contributed by atoms with Crippen LogP contribution >= 0.6 is 0 Å². The third kappa shape index (κ3) is 3.80. The van der Waals surface area contributed by atoms with E-state index in [4.69, 9.17) is 14.2 Å². The van der Waals surface area contributed by atoms with Crippen LogP contribution in [0.3, 0.4) is 0 Å². The number of nitrogens with zero attached hydrogens (tertiary/aromatic N) is 1. The van der Waals surface area contributed by atoms with Gasteiger partial charge in [-0.3, -0.25) is 14.8 Å². The minimum Gasteiger partial charge on any atom is -0.493 e. The zero-order chi connectivity index (χ0) is 19.5. The first-order chi connectivity index (χ1) is 12.2. The fourth-order valence-corrected chi connectivity index (χ4v) is 3.37. The van der Waals surface area contributed by atoms with Gasteiger partial charge in [0.05, 0.1) is 36.8 Å². The van der Waals surface area contributed by atoms with Crippen LogP contribution in [0.25, 0.3) is 0 Å². The lowest BCUT2D eigenvalue weighted by molar-refractivity contribution is -0.385. The van der Waals surface area contributed by atoms with Crippen LogP contribution in [-0.2, 0) is 10.0 Å². The molecule has 0 aliphatic carbocycles. The maximum absolute atomic E-state index is 12.6. The first-order valence-corrected chi connectivity index (χ1v) is 8.79. The minimum atomic E-state index is -4.06. The van der Waals surface area contributed by atoms with Crippen molar-refractivity contribution in [2.24, 2.45) is 0 Å². The van der Waals surface area contributed by atoms with Crippen molar-refractivity contribution in [2.45, 2.75) is 11.8 Å². The number of rotatable bonds is 7. The molecule has 0 spiro atoms. The molecule has 2 aromatic carbocycles. The Hall–Kier alpha value is -3.01. The first kappa shape index (κ1) is 19.3. The highest BCUT2D eigenvalue weighted by Gasteiger charge is 2.21. The molecule has 9 nitrogen and oxygen atoms in total. The Balaban J connectivity index is 2.47. The third-order valence-corrected chi connectivity index (χ3v) is 4.98. The molecule has 0 aliphatic rings. The number of anilines is 1. The Morgan fingerprint density at radius 3 is 2.04 bits per heavy atom. The van der Waals surface area contributed by atoms with Crippen LogP contribution in [0.1, 0.15) is 5.56 Å². The number of nitro benzene ring substituents is 1. The summed E-state index contributed by atoms with van der Waals surface area (Å²) in [5, 5.41) is 11.0. The van der Waals surface area contributed by atoms with E-state index in [1.807, 2.05) is 0 Å². The molecule has 0 saturated heterocycles. The van der Waals surface area contributed by atoms with E-state index in [1.165, 1.54) is 52.5 Å². The summed E-state index contributed by atoms with van der Waals surface area (Å²) < 4.78 is 43.1. The smallest absolute Gasteiger partial charge is 0.273 e. The van der Waals surface area contributed by atoms with Crippen LogP contribution in [-0.4, -0.2) is 34.7 Å². The van der Waals surface area contributed by atoms with E-state index in [0.29, 0.717) is 11.3 Å². The van der Waals surface area contributed by atoms with Gasteiger partial charge in [0.2, 0.25) is 5.75 Å². The van der Waals surface area contributed by atoms with E-state index in [2.05, 4.69) is 4.72 Å². The van der Waals surface area contributed by atoms with Gasteiger partial charge in [-0.05, 0) is 13.0 Å². The van der Waals surface area contributed by atoms with Crippen LogP contribution in [0.2, 0.25) is 0 Å². The van der Waals surface area contributed by atoms with Crippen molar-refractivity contribution >= 4 is 21.4 Å². The zero-order valence-electron chi connectivity index (χ0n) is 14.6. The first-order valence-electron chi connectivity index (χ1n) is 7.31. The fraction of sp³-hybridized carbons (Fsp3) is 0.250. The van der Waals surface area contributed by atoms with E-state index in [0.717, 1.165) is 6.07 Å². The largest absolute Gasteiger partial charge is 0.493 e. The van der Waals surface area contributed by atoms with Crippen molar-refractivity contribution < 1.29 is 27.6 Å². The van der Waals surface area contributed by atoms with Gasteiger partial charge in [-0.2, -0.15) is 0 Å². The molecule has 0 atom stereocenters. The molecule has 10 heteroatoms. The lowest BCUT2D eigenvalue weighted by Gasteiger charge is -2.15. The molecule has 2 rings (SSSR count). The number of methoxy groups -OCH3 is 3. The van der Waals surface area contributed by atoms with Crippen molar-refractivity contribution in [3.05, 3.63) is 46.0 Å². The molecule has 0 radical (unpaired) electrons. The maximum Gasteiger partial charge on any atom is 0.273 e. The van der Waals surface area contributed by atoms with E-state index in [-0.39, 0.29) is 27.8 Å². The van der Waals surface area contributed by atoms with Crippen LogP contribution in [0.15, 0.2) is 35.2 Å².